The van der Waals surface area contributed by atoms with Gasteiger partial charge in [0.25, 0.3) is 0 Å². The largest absolute Gasteiger partial charge is 0.397 e. The summed E-state index contributed by atoms with van der Waals surface area (Å²) in [6, 6.07) is 10.00. The molecule has 1 aliphatic rings. The third-order valence-electron chi connectivity index (χ3n) is 7.03. The normalized spacial score (nSPS) is 15.2. The molecular weight excluding hydrogens is 496 g/mol. The molecule has 0 spiro atoms. The van der Waals surface area contributed by atoms with Gasteiger partial charge in [0.15, 0.2) is 0 Å². The molecule has 1 fully saturated rings. The van der Waals surface area contributed by atoms with Crippen molar-refractivity contribution in [3.05, 3.63) is 41.5 Å². The fourth-order valence-electron chi connectivity index (χ4n) is 5.25. The summed E-state index contributed by atoms with van der Waals surface area (Å²) in [6.07, 6.45) is 7.25. The minimum absolute atomic E-state index is 0.167. The highest BCUT2D eigenvalue weighted by Gasteiger charge is 2.20. The Bertz CT molecular complexity index is 1420. The van der Waals surface area contributed by atoms with Crippen LogP contribution in [-0.4, -0.2) is 40.6 Å². The summed E-state index contributed by atoms with van der Waals surface area (Å²) in [4.78, 5) is 33.0. The fraction of sp³-hybridized carbons (Fsp3) is 0.467. The molecule has 39 heavy (non-hydrogen) atoms. The molecule has 9 nitrogen and oxygen atoms in total. The van der Waals surface area contributed by atoms with Crippen molar-refractivity contribution in [2.75, 3.05) is 12.3 Å². The van der Waals surface area contributed by atoms with Gasteiger partial charge in [-0.25, -0.2) is 9.59 Å². The maximum Gasteiger partial charge on any atom is 0.331 e. The molecule has 2 aromatic carbocycles. The van der Waals surface area contributed by atoms with Crippen LogP contribution in [0.3, 0.4) is 0 Å². The first-order chi connectivity index (χ1) is 18.8. The quantitative estimate of drug-likeness (QED) is 0.146. The van der Waals surface area contributed by atoms with E-state index < -0.39 is 11.9 Å². The van der Waals surface area contributed by atoms with Crippen molar-refractivity contribution in [2.24, 2.45) is 10.3 Å². The second kappa shape index (κ2) is 12.9. The molecule has 208 valence electrons. The molecule has 0 unspecified atom stereocenters. The van der Waals surface area contributed by atoms with Gasteiger partial charge in [0.1, 0.15) is 5.71 Å². The first-order valence-corrected chi connectivity index (χ1v) is 13.8. The smallest absolute Gasteiger partial charge is 0.331 e. The summed E-state index contributed by atoms with van der Waals surface area (Å²) in [7, 11) is 0. The summed E-state index contributed by atoms with van der Waals surface area (Å²) in [5.74, 6) is -0.957. The van der Waals surface area contributed by atoms with Crippen LogP contribution in [-0.2, 0) is 30.5 Å². The zero-order valence-electron chi connectivity index (χ0n) is 23.3. The number of anilines is 1. The SMILES string of the molecule is CCC/C(=N\OC(C)=O)c1ccc2c(c1)c1cc(/C(COC3CCCCC3)=N/OC(C)=O)cc(N)c1n2CC. The molecule has 0 aliphatic heterocycles. The Balaban J connectivity index is 1.82. The van der Waals surface area contributed by atoms with E-state index in [1.165, 1.54) is 20.3 Å². The number of nitrogen functional groups attached to an aromatic ring is 1. The van der Waals surface area contributed by atoms with Crippen LogP contribution >= 0.6 is 0 Å². The van der Waals surface area contributed by atoms with Crippen LogP contribution < -0.4 is 5.73 Å². The summed E-state index contributed by atoms with van der Waals surface area (Å²) >= 11 is 0. The van der Waals surface area contributed by atoms with E-state index in [4.69, 9.17) is 20.1 Å². The average Bonchev–Trinajstić information content (AvgIpc) is 3.24. The highest BCUT2D eigenvalue weighted by atomic mass is 16.7. The van der Waals surface area contributed by atoms with E-state index in [2.05, 4.69) is 34.8 Å². The fourth-order valence-corrected chi connectivity index (χ4v) is 5.25. The lowest BCUT2D eigenvalue weighted by Crippen LogP contribution is -2.22. The number of hydrogen-bond donors (Lipinski definition) is 1. The summed E-state index contributed by atoms with van der Waals surface area (Å²) in [5.41, 5.74) is 12.0. The molecular formula is C30H38N4O5. The molecule has 0 bridgehead atoms. The Labute approximate surface area is 228 Å². The molecule has 9 heteroatoms. The molecule has 1 aliphatic carbocycles. The van der Waals surface area contributed by atoms with Crippen molar-refractivity contribution in [2.45, 2.75) is 85.3 Å². The number of hydrogen-bond acceptors (Lipinski definition) is 8. The third-order valence-corrected chi connectivity index (χ3v) is 7.03. The number of nitrogens with two attached hydrogens (primary N) is 1. The van der Waals surface area contributed by atoms with E-state index in [0.717, 1.165) is 71.6 Å². The van der Waals surface area contributed by atoms with Crippen molar-refractivity contribution in [3.63, 3.8) is 0 Å². The van der Waals surface area contributed by atoms with Gasteiger partial charge in [-0.3, -0.25) is 0 Å². The van der Waals surface area contributed by atoms with Gasteiger partial charge in [0.05, 0.1) is 29.6 Å². The Morgan fingerprint density at radius 1 is 0.923 bits per heavy atom. The van der Waals surface area contributed by atoms with E-state index >= 15 is 0 Å². The molecule has 0 radical (unpaired) electrons. The number of oxime groups is 2. The standard InChI is InChI=1S/C30H38N4O5/c1-5-10-27(32-38-19(3)35)21-13-14-29-24(15-21)25-16-22(17-26(31)30(25)34(29)6-2)28(33-39-20(4)36)18-37-23-11-8-7-9-12-23/h13-17,23H,5-12,18,31H2,1-4H3/b32-27+,33-28+. The number of carbonyl (C=O) groups excluding carboxylic acids is 2. The number of ether oxygens (including phenoxy) is 1. The van der Waals surface area contributed by atoms with Gasteiger partial charge in [-0.15, -0.1) is 0 Å². The van der Waals surface area contributed by atoms with E-state index in [1.807, 2.05) is 24.3 Å². The molecule has 0 saturated heterocycles. The van der Waals surface area contributed by atoms with Crippen LogP contribution in [0.1, 0.15) is 83.8 Å². The Morgan fingerprint density at radius 3 is 2.23 bits per heavy atom. The highest BCUT2D eigenvalue weighted by Crippen LogP contribution is 2.35. The summed E-state index contributed by atoms with van der Waals surface area (Å²) in [5, 5.41) is 10.2. The van der Waals surface area contributed by atoms with Crippen LogP contribution in [0.2, 0.25) is 0 Å². The number of fused-ring (bicyclic) bond motifs is 3. The Morgan fingerprint density at radius 2 is 1.59 bits per heavy atom. The van der Waals surface area contributed by atoms with E-state index in [0.29, 0.717) is 23.5 Å². The predicted molar refractivity (Wildman–Crippen MR) is 154 cm³/mol. The molecule has 1 heterocycles. The van der Waals surface area contributed by atoms with E-state index in [-0.39, 0.29) is 12.7 Å². The van der Waals surface area contributed by atoms with E-state index in [1.54, 1.807) is 0 Å². The van der Waals surface area contributed by atoms with Crippen LogP contribution in [0, 0.1) is 0 Å². The number of aryl methyl sites for hydroxylation is 1. The van der Waals surface area contributed by atoms with Gasteiger partial charge >= 0.3 is 11.9 Å². The number of nitrogens with zero attached hydrogens (tertiary/aromatic N) is 3. The lowest BCUT2D eigenvalue weighted by Gasteiger charge is -2.22. The highest BCUT2D eigenvalue weighted by molar-refractivity contribution is 6.17. The number of aromatic nitrogens is 1. The maximum atomic E-state index is 11.6. The van der Waals surface area contributed by atoms with Crippen LogP contribution in [0.25, 0.3) is 21.8 Å². The molecule has 1 saturated carbocycles. The van der Waals surface area contributed by atoms with E-state index in [9.17, 15) is 9.59 Å². The topological polar surface area (TPSA) is 118 Å². The van der Waals surface area contributed by atoms with Crippen molar-refractivity contribution in [1.82, 2.24) is 4.57 Å². The molecule has 4 rings (SSSR count). The monoisotopic (exact) mass is 534 g/mol. The predicted octanol–water partition coefficient (Wildman–Crippen LogP) is 6.08. The van der Waals surface area contributed by atoms with Crippen molar-refractivity contribution >= 4 is 50.9 Å². The van der Waals surface area contributed by atoms with Crippen molar-refractivity contribution < 1.29 is 24.0 Å². The van der Waals surface area contributed by atoms with Crippen LogP contribution in [0.4, 0.5) is 5.69 Å². The van der Waals surface area contributed by atoms with Crippen molar-refractivity contribution in [1.29, 1.82) is 0 Å². The minimum Gasteiger partial charge on any atom is -0.397 e. The van der Waals surface area contributed by atoms with Crippen LogP contribution in [0.15, 0.2) is 40.6 Å². The third kappa shape index (κ3) is 6.65. The van der Waals surface area contributed by atoms with Gasteiger partial charge in [0.2, 0.25) is 0 Å². The Kier molecular flexibility index (Phi) is 9.35. The second-order valence-electron chi connectivity index (χ2n) is 10.0. The molecule has 0 atom stereocenters. The van der Waals surface area contributed by atoms with Crippen molar-refractivity contribution in [3.8, 4) is 0 Å². The molecule has 0 amide bonds. The van der Waals surface area contributed by atoms with Gasteiger partial charge in [-0.2, -0.15) is 0 Å². The first-order valence-electron chi connectivity index (χ1n) is 13.8. The molecule has 1 aromatic heterocycles. The second-order valence-corrected chi connectivity index (χ2v) is 10.0. The first kappa shape index (κ1) is 28.3. The zero-order valence-corrected chi connectivity index (χ0v) is 23.3. The molecule has 3 aromatic rings. The summed E-state index contributed by atoms with van der Waals surface area (Å²) < 4.78 is 8.37. The number of carbonyl (C=O) groups is 2. The summed E-state index contributed by atoms with van der Waals surface area (Å²) in [6.45, 7) is 7.74. The lowest BCUT2D eigenvalue weighted by molar-refractivity contribution is -0.141. The molecule has 2 N–H and O–H groups in total. The van der Waals surface area contributed by atoms with Gasteiger partial charge in [-0.05, 0) is 50.5 Å². The Hall–Kier alpha value is -3.72. The van der Waals surface area contributed by atoms with Gasteiger partial charge in [0, 0.05) is 47.8 Å². The van der Waals surface area contributed by atoms with Crippen LogP contribution in [0.5, 0.6) is 0 Å². The average molecular weight is 535 g/mol. The maximum absolute atomic E-state index is 11.6. The zero-order chi connectivity index (χ0) is 27.9. The number of benzene rings is 2. The number of rotatable bonds is 10. The van der Waals surface area contributed by atoms with Gasteiger partial charge in [-0.1, -0.05) is 49.0 Å². The minimum atomic E-state index is -0.498. The lowest BCUT2D eigenvalue weighted by atomic mass is 9.97. The van der Waals surface area contributed by atoms with Gasteiger partial charge < -0.3 is 24.7 Å².